The smallest absolute Gasteiger partial charge is 0.249 e. The summed E-state index contributed by atoms with van der Waals surface area (Å²) in [6.07, 6.45) is -1.67. The van der Waals surface area contributed by atoms with Crippen molar-refractivity contribution in [3.05, 3.63) is 36.1 Å². The molecule has 0 unspecified atom stereocenters. The number of aryl methyl sites for hydroxylation is 2. The summed E-state index contributed by atoms with van der Waals surface area (Å²) in [6, 6.07) is 0. The van der Waals surface area contributed by atoms with Crippen LogP contribution in [-0.4, -0.2) is 26.1 Å². The Labute approximate surface area is 107 Å². The molecular weight excluding hydrogens is 257 g/mol. The third kappa shape index (κ3) is 3.04. The van der Waals surface area contributed by atoms with Crippen LogP contribution in [0.3, 0.4) is 0 Å². The second kappa shape index (κ2) is 4.91. The van der Waals surface area contributed by atoms with Gasteiger partial charge in [-0.05, 0) is 19.8 Å². The number of nitrogens with zero attached hydrogens (tertiary/aromatic N) is 4. The zero-order valence-corrected chi connectivity index (χ0v) is 10.2. The van der Waals surface area contributed by atoms with Crippen LogP contribution >= 0.6 is 0 Å². The standard InChI is InChI=1S/C12H11F3N4/c1-7(12(13,14)15)3-4-9-10-11(18-6-17-9)19-8(2)5-16-10/h5-6H,1,3-4H2,2H3. The van der Waals surface area contributed by atoms with Crippen molar-refractivity contribution in [2.45, 2.75) is 25.9 Å². The number of fused-ring (bicyclic) bond motifs is 1. The lowest BCUT2D eigenvalue weighted by atomic mass is 10.1. The SMILES string of the molecule is C=C(CCc1ncnc2nc(C)cnc12)C(F)(F)F. The highest BCUT2D eigenvalue weighted by atomic mass is 19.4. The number of rotatable bonds is 3. The lowest BCUT2D eigenvalue weighted by Crippen LogP contribution is -2.12. The van der Waals surface area contributed by atoms with Crippen molar-refractivity contribution >= 4 is 11.2 Å². The van der Waals surface area contributed by atoms with Crippen LogP contribution in [0.15, 0.2) is 24.7 Å². The minimum atomic E-state index is -4.37. The summed E-state index contributed by atoms with van der Waals surface area (Å²) in [7, 11) is 0. The van der Waals surface area contributed by atoms with Gasteiger partial charge < -0.3 is 0 Å². The van der Waals surface area contributed by atoms with E-state index >= 15 is 0 Å². The number of halogens is 3. The second-order valence-electron chi connectivity index (χ2n) is 4.11. The molecule has 0 N–H and O–H groups in total. The predicted octanol–water partition coefficient (Wildman–Crippen LogP) is 2.78. The summed E-state index contributed by atoms with van der Waals surface area (Å²) in [5, 5.41) is 0. The molecule has 2 aromatic heterocycles. The molecule has 2 rings (SSSR count). The van der Waals surface area contributed by atoms with E-state index in [0.717, 1.165) is 0 Å². The lowest BCUT2D eigenvalue weighted by Gasteiger charge is -2.09. The molecular formula is C12H11F3N4. The summed E-state index contributed by atoms with van der Waals surface area (Å²) in [5.41, 5.74) is 1.18. The average molecular weight is 268 g/mol. The fraction of sp³-hybridized carbons (Fsp3) is 0.333. The van der Waals surface area contributed by atoms with Gasteiger partial charge in [0.15, 0.2) is 5.65 Å². The van der Waals surface area contributed by atoms with Crippen LogP contribution in [0.2, 0.25) is 0 Å². The summed E-state index contributed by atoms with van der Waals surface area (Å²) in [6.45, 7) is 4.79. The van der Waals surface area contributed by atoms with E-state index in [1.165, 1.54) is 12.5 Å². The maximum atomic E-state index is 12.4. The van der Waals surface area contributed by atoms with Crippen LogP contribution in [0.1, 0.15) is 17.8 Å². The molecule has 0 aliphatic rings. The molecule has 0 atom stereocenters. The van der Waals surface area contributed by atoms with E-state index in [4.69, 9.17) is 0 Å². The molecule has 19 heavy (non-hydrogen) atoms. The van der Waals surface area contributed by atoms with Crippen LogP contribution in [0, 0.1) is 6.92 Å². The van der Waals surface area contributed by atoms with E-state index in [9.17, 15) is 13.2 Å². The molecule has 2 heterocycles. The Balaban J connectivity index is 2.24. The Morgan fingerprint density at radius 1 is 1.26 bits per heavy atom. The van der Waals surface area contributed by atoms with Crippen LogP contribution < -0.4 is 0 Å². The highest BCUT2D eigenvalue weighted by Gasteiger charge is 2.31. The van der Waals surface area contributed by atoms with E-state index in [1.807, 2.05) is 0 Å². The first-order valence-corrected chi connectivity index (χ1v) is 5.56. The van der Waals surface area contributed by atoms with E-state index in [2.05, 4.69) is 26.5 Å². The van der Waals surface area contributed by atoms with Gasteiger partial charge in [-0.2, -0.15) is 13.2 Å². The van der Waals surface area contributed by atoms with Gasteiger partial charge in [0.1, 0.15) is 11.8 Å². The third-order valence-electron chi connectivity index (χ3n) is 2.61. The van der Waals surface area contributed by atoms with Crippen molar-refractivity contribution in [2.24, 2.45) is 0 Å². The van der Waals surface area contributed by atoms with Crippen molar-refractivity contribution in [3.8, 4) is 0 Å². The molecule has 0 aliphatic heterocycles. The van der Waals surface area contributed by atoms with Crippen molar-refractivity contribution in [1.82, 2.24) is 19.9 Å². The van der Waals surface area contributed by atoms with Gasteiger partial charge in [0.05, 0.1) is 11.4 Å². The maximum Gasteiger partial charge on any atom is 0.412 e. The third-order valence-corrected chi connectivity index (χ3v) is 2.61. The number of aromatic nitrogens is 4. The molecule has 4 nitrogen and oxygen atoms in total. The van der Waals surface area contributed by atoms with Gasteiger partial charge >= 0.3 is 6.18 Å². The first-order valence-electron chi connectivity index (χ1n) is 5.56. The van der Waals surface area contributed by atoms with Crippen LogP contribution in [-0.2, 0) is 6.42 Å². The van der Waals surface area contributed by atoms with E-state index < -0.39 is 11.7 Å². The van der Waals surface area contributed by atoms with Gasteiger partial charge in [-0.25, -0.2) is 19.9 Å². The second-order valence-corrected chi connectivity index (χ2v) is 4.11. The van der Waals surface area contributed by atoms with Crippen LogP contribution in [0.4, 0.5) is 13.2 Å². The first kappa shape index (κ1) is 13.4. The average Bonchev–Trinajstić information content (AvgIpc) is 2.34. The Morgan fingerprint density at radius 2 is 2.00 bits per heavy atom. The van der Waals surface area contributed by atoms with E-state index in [1.54, 1.807) is 6.92 Å². The van der Waals surface area contributed by atoms with E-state index in [0.29, 0.717) is 22.6 Å². The highest BCUT2D eigenvalue weighted by Crippen LogP contribution is 2.27. The van der Waals surface area contributed by atoms with Crippen molar-refractivity contribution in [3.63, 3.8) is 0 Å². The van der Waals surface area contributed by atoms with Crippen molar-refractivity contribution in [2.75, 3.05) is 0 Å². The van der Waals surface area contributed by atoms with Crippen molar-refractivity contribution < 1.29 is 13.2 Å². The zero-order chi connectivity index (χ0) is 14.0. The van der Waals surface area contributed by atoms with Gasteiger partial charge in [-0.3, -0.25) is 0 Å². The molecule has 2 aromatic rings. The van der Waals surface area contributed by atoms with E-state index in [-0.39, 0.29) is 12.8 Å². The molecule has 0 aromatic carbocycles. The first-order chi connectivity index (χ1) is 8.88. The molecule has 0 amide bonds. The normalized spacial score (nSPS) is 11.8. The van der Waals surface area contributed by atoms with Crippen LogP contribution in [0.25, 0.3) is 11.2 Å². The maximum absolute atomic E-state index is 12.4. The Kier molecular flexibility index (Phi) is 3.46. The van der Waals surface area contributed by atoms with Gasteiger partial charge in [-0.1, -0.05) is 6.58 Å². The van der Waals surface area contributed by atoms with Crippen molar-refractivity contribution in [1.29, 1.82) is 0 Å². The monoisotopic (exact) mass is 268 g/mol. The summed E-state index contributed by atoms with van der Waals surface area (Å²) >= 11 is 0. The molecule has 0 saturated carbocycles. The number of alkyl halides is 3. The number of hydrogen-bond donors (Lipinski definition) is 0. The minimum Gasteiger partial charge on any atom is -0.249 e. The summed E-state index contributed by atoms with van der Waals surface area (Å²) in [5.74, 6) is 0. The lowest BCUT2D eigenvalue weighted by molar-refractivity contribution is -0.0935. The summed E-state index contributed by atoms with van der Waals surface area (Å²) < 4.78 is 37.1. The van der Waals surface area contributed by atoms with Gasteiger partial charge in [0.2, 0.25) is 0 Å². The van der Waals surface area contributed by atoms with Gasteiger partial charge in [0.25, 0.3) is 0 Å². The summed E-state index contributed by atoms with van der Waals surface area (Å²) in [4.78, 5) is 16.2. The largest absolute Gasteiger partial charge is 0.412 e. The fourth-order valence-electron chi connectivity index (χ4n) is 1.57. The predicted molar refractivity (Wildman–Crippen MR) is 63.4 cm³/mol. The fourth-order valence-corrected chi connectivity index (χ4v) is 1.57. The highest BCUT2D eigenvalue weighted by molar-refractivity contribution is 5.71. The molecule has 0 spiro atoms. The quantitative estimate of drug-likeness (QED) is 0.803. The molecule has 7 heteroatoms. The van der Waals surface area contributed by atoms with Gasteiger partial charge in [0, 0.05) is 11.8 Å². The molecule has 0 aliphatic carbocycles. The Bertz CT molecular complexity index is 622. The number of allylic oxidation sites excluding steroid dienone is 1. The molecule has 0 bridgehead atoms. The van der Waals surface area contributed by atoms with Gasteiger partial charge in [-0.15, -0.1) is 0 Å². The molecule has 0 radical (unpaired) electrons. The minimum absolute atomic E-state index is 0.106. The van der Waals surface area contributed by atoms with Crippen LogP contribution in [0.5, 0.6) is 0 Å². The Hall–Kier alpha value is -2.05. The number of hydrogen-bond acceptors (Lipinski definition) is 4. The molecule has 0 fully saturated rings. The topological polar surface area (TPSA) is 51.6 Å². The Morgan fingerprint density at radius 3 is 2.68 bits per heavy atom. The molecule has 0 saturated heterocycles. The zero-order valence-electron chi connectivity index (χ0n) is 10.2. The molecule has 100 valence electrons.